The fraction of sp³-hybridized carbons (Fsp3) is 0.167. The SMILES string of the molecule is C=C(C)C(=C)S(=O)(=O)c1ccc(C(F)(F)F)cc1. The number of hydrogen-bond acceptors (Lipinski definition) is 2. The third-order valence-corrected chi connectivity index (χ3v) is 4.18. The molecule has 0 heterocycles. The molecule has 0 aromatic heterocycles. The Morgan fingerprint density at radius 2 is 1.56 bits per heavy atom. The Morgan fingerprint density at radius 1 is 1.11 bits per heavy atom. The molecule has 1 rings (SSSR count). The first-order valence-corrected chi connectivity index (χ1v) is 6.32. The van der Waals surface area contributed by atoms with Crippen LogP contribution in [0, 0.1) is 0 Å². The average Bonchev–Trinajstić information content (AvgIpc) is 2.26. The minimum Gasteiger partial charge on any atom is -0.219 e. The van der Waals surface area contributed by atoms with Crippen molar-refractivity contribution in [2.24, 2.45) is 0 Å². The first-order valence-electron chi connectivity index (χ1n) is 4.84. The zero-order valence-corrected chi connectivity index (χ0v) is 10.4. The Kier molecular flexibility index (Phi) is 3.71. The molecule has 0 unspecified atom stereocenters. The van der Waals surface area contributed by atoms with E-state index in [1.54, 1.807) is 0 Å². The van der Waals surface area contributed by atoms with E-state index in [1.165, 1.54) is 6.92 Å². The van der Waals surface area contributed by atoms with E-state index in [-0.39, 0.29) is 15.4 Å². The van der Waals surface area contributed by atoms with E-state index in [1.807, 2.05) is 0 Å². The minimum absolute atomic E-state index is 0.206. The number of sulfone groups is 1. The molecule has 0 fully saturated rings. The van der Waals surface area contributed by atoms with Gasteiger partial charge in [-0.25, -0.2) is 8.42 Å². The quantitative estimate of drug-likeness (QED) is 0.791. The highest BCUT2D eigenvalue weighted by Crippen LogP contribution is 2.31. The zero-order chi connectivity index (χ0) is 14.1. The van der Waals surface area contributed by atoms with E-state index in [2.05, 4.69) is 13.2 Å². The van der Waals surface area contributed by atoms with Gasteiger partial charge in [0.2, 0.25) is 9.84 Å². The van der Waals surface area contributed by atoms with Crippen LogP contribution in [-0.4, -0.2) is 8.42 Å². The van der Waals surface area contributed by atoms with Crippen LogP contribution < -0.4 is 0 Å². The van der Waals surface area contributed by atoms with Crippen molar-refractivity contribution < 1.29 is 21.6 Å². The van der Waals surface area contributed by atoms with Gasteiger partial charge < -0.3 is 0 Å². The molecular formula is C12H11F3O2S. The van der Waals surface area contributed by atoms with Gasteiger partial charge in [-0.2, -0.15) is 13.2 Å². The van der Waals surface area contributed by atoms with Crippen LogP contribution in [0.25, 0.3) is 0 Å². The second kappa shape index (κ2) is 4.61. The maximum atomic E-state index is 12.3. The molecule has 0 aliphatic carbocycles. The molecule has 0 spiro atoms. The van der Waals surface area contributed by atoms with E-state index in [0.29, 0.717) is 0 Å². The summed E-state index contributed by atoms with van der Waals surface area (Å²) in [7, 11) is -3.86. The maximum Gasteiger partial charge on any atom is 0.416 e. The summed E-state index contributed by atoms with van der Waals surface area (Å²) >= 11 is 0. The van der Waals surface area contributed by atoms with Gasteiger partial charge in [0.25, 0.3) is 0 Å². The van der Waals surface area contributed by atoms with Crippen molar-refractivity contribution in [1.29, 1.82) is 0 Å². The highest BCUT2D eigenvalue weighted by Gasteiger charge is 2.30. The van der Waals surface area contributed by atoms with Crippen molar-refractivity contribution in [2.75, 3.05) is 0 Å². The Balaban J connectivity index is 3.22. The van der Waals surface area contributed by atoms with Crippen LogP contribution in [0.3, 0.4) is 0 Å². The Bertz CT molecular complexity index is 581. The van der Waals surface area contributed by atoms with Gasteiger partial charge in [-0.1, -0.05) is 13.2 Å². The van der Waals surface area contributed by atoms with Crippen molar-refractivity contribution in [1.82, 2.24) is 0 Å². The fourth-order valence-corrected chi connectivity index (χ4v) is 2.43. The number of benzene rings is 1. The molecule has 0 amide bonds. The fourth-order valence-electron chi connectivity index (χ4n) is 1.19. The first kappa shape index (κ1) is 14.5. The van der Waals surface area contributed by atoms with Crippen LogP contribution in [0.15, 0.2) is 52.8 Å². The Hall–Kier alpha value is -1.56. The van der Waals surface area contributed by atoms with Crippen LogP contribution in [0.1, 0.15) is 12.5 Å². The molecule has 1 aromatic rings. The van der Waals surface area contributed by atoms with Gasteiger partial charge in [0.05, 0.1) is 15.4 Å². The lowest BCUT2D eigenvalue weighted by Gasteiger charge is -2.09. The molecule has 0 saturated heterocycles. The van der Waals surface area contributed by atoms with E-state index in [9.17, 15) is 21.6 Å². The topological polar surface area (TPSA) is 34.1 Å². The third kappa shape index (κ3) is 2.81. The van der Waals surface area contributed by atoms with Gasteiger partial charge in [-0.05, 0) is 36.8 Å². The molecule has 0 atom stereocenters. The van der Waals surface area contributed by atoms with Crippen molar-refractivity contribution in [3.63, 3.8) is 0 Å². The summed E-state index contributed by atoms with van der Waals surface area (Å²) in [5.74, 6) is 0. The maximum absolute atomic E-state index is 12.3. The number of halogens is 3. The van der Waals surface area contributed by atoms with E-state index >= 15 is 0 Å². The van der Waals surface area contributed by atoms with Gasteiger partial charge in [-0.3, -0.25) is 0 Å². The second-order valence-electron chi connectivity index (χ2n) is 3.73. The van der Waals surface area contributed by atoms with Crippen LogP contribution in [0.4, 0.5) is 13.2 Å². The highest BCUT2D eigenvalue weighted by molar-refractivity contribution is 7.95. The standard InChI is InChI=1S/C12H11F3O2S/c1-8(2)9(3)18(16,17)11-6-4-10(5-7-11)12(13,14)15/h4-7H,1,3H2,2H3. The normalized spacial score (nSPS) is 12.2. The summed E-state index contributed by atoms with van der Waals surface area (Å²) in [6.45, 7) is 8.27. The summed E-state index contributed by atoms with van der Waals surface area (Å²) in [5, 5.41) is 0. The van der Waals surface area contributed by atoms with Crippen LogP contribution in [-0.2, 0) is 16.0 Å². The molecule has 6 heteroatoms. The lowest BCUT2D eigenvalue weighted by Crippen LogP contribution is -2.07. The van der Waals surface area contributed by atoms with Gasteiger partial charge >= 0.3 is 6.18 Å². The summed E-state index contributed by atoms with van der Waals surface area (Å²) in [6, 6.07) is 3.26. The van der Waals surface area contributed by atoms with E-state index < -0.39 is 21.6 Å². The molecular weight excluding hydrogens is 265 g/mol. The molecule has 0 bridgehead atoms. The highest BCUT2D eigenvalue weighted by atomic mass is 32.2. The van der Waals surface area contributed by atoms with Crippen LogP contribution >= 0.6 is 0 Å². The predicted octanol–water partition coefficient (Wildman–Crippen LogP) is 3.57. The van der Waals surface area contributed by atoms with Gasteiger partial charge in [-0.15, -0.1) is 0 Å². The first-order chi connectivity index (χ1) is 8.06. The lowest BCUT2D eigenvalue weighted by molar-refractivity contribution is -0.137. The van der Waals surface area contributed by atoms with Gasteiger partial charge in [0.15, 0.2) is 0 Å². The number of hydrogen-bond donors (Lipinski definition) is 0. The molecule has 0 saturated carbocycles. The van der Waals surface area contributed by atoms with Crippen molar-refractivity contribution >= 4 is 9.84 Å². The van der Waals surface area contributed by atoms with Crippen molar-refractivity contribution in [3.8, 4) is 0 Å². The molecule has 1 aromatic carbocycles. The van der Waals surface area contributed by atoms with Crippen LogP contribution in [0.5, 0.6) is 0 Å². The molecule has 98 valence electrons. The molecule has 18 heavy (non-hydrogen) atoms. The molecule has 0 radical (unpaired) electrons. The van der Waals surface area contributed by atoms with Crippen LogP contribution in [0.2, 0.25) is 0 Å². The Morgan fingerprint density at radius 3 is 1.89 bits per heavy atom. The average molecular weight is 276 g/mol. The number of alkyl halides is 3. The largest absolute Gasteiger partial charge is 0.416 e. The van der Waals surface area contributed by atoms with Crippen molar-refractivity contribution in [3.05, 3.63) is 53.5 Å². The van der Waals surface area contributed by atoms with E-state index in [0.717, 1.165) is 24.3 Å². The van der Waals surface area contributed by atoms with Crippen molar-refractivity contribution in [2.45, 2.75) is 18.0 Å². The van der Waals surface area contributed by atoms with E-state index in [4.69, 9.17) is 0 Å². The molecule has 0 aliphatic heterocycles. The lowest BCUT2D eigenvalue weighted by atomic mass is 10.2. The number of rotatable bonds is 3. The second-order valence-corrected chi connectivity index (χ2v) is 5.70. The molecule has 2 nitrogen and oxygen atoms in total. The predicted molar refractivity (Wildman–Crippen MR) is 62.6 cm³/mol. The monoisotopic (exact) mass is 276 g/mol. The minimum atomic E-state index is -4.49. The zero-order valence-electron chi connectivity index (χ0n) is 9.58. The summed E-state index contributed by atoms with van der Waals surface area (Å²) in [5.41, 5.74) is -0.655. The molecule has 0 N–H and O–H groups in total. The van der Waals surface area contributed by atoms with Gasteiger partial charge in [0.1, 0.15) is 0 Å². The summed E-state index contributed by atoms with van der Waals surface area (Å²) < 4.78 is 60.8. The summed E-state index contributed by atoms with van der Waals surface area (Å²) in [6.07, 6.45) is -4.49. The third-order valence-electron chi connectivity index (χ3n) is 2.29. The molecule has 0 aliphatic rings. The Labute approximate surface area is 103 Å². The summed E-state index contributed by atoms with van der Waals surface area (Å²) in [4.78, 5) is -0.439. The van der Waals surface area contributed by atoms with Gasteiger partial charge in [0, 0.05) is 0 Å². The number of allylic oxidation sites excluding steroid dienone is 1. The smallest absolute Gasteiger partial charge is 0.219 e.